The van der Waals surface area contributed by atoms with Gasteiger partial charge in [-0.15, -0.1) is 0 Å². The highest BCUT2D eigenvalue weighted by Crippen LogP contribution is 2.48. The van der Waals surface area contributed by atoms with E-state index < -0.39 is 56.7 Å². The third-order valence-corrected chi connectivity index (χ3v) is 3.85. The van der Waals surface area contributed by atoms with Crippen LogP contribution >= 0.6 is 0 Å². The number of fused-ring (bicyclic) bond motifs is 1. The van der Waals surface area contributed by atoms with Crippen molar-refractivity contribution in [1.29, 1.82) is 0 Å². The number of nitrogens with two attached hydrogens (primary N) is 1. The van der Waals surface area contributed by atoms with E-state index in [-0.39, 0.29) is 12.8 Å². The molecular formula is C14H11F3N2O4. The van der Waals surface area contributed by atoms with Gasteiger partial charge in [0.25, 0.3) is 0 Å². The van der Waals surface area contributed by atoms with E-state index in [9.17, 15) is 22.8 Å². The Morgan fingerprint density at radius 2 is 2.00 bits per heavy atom. The number of aromatic nitrogens is 1. The lowest BCUT2D eigenvalue weighted by Gasteiger charge is -2.19. The Morgan fingerprint density at radius 3 is 2.48 bits per heavy atom. The number of methoxy groups -OCH3 is 1. The molecule has 9 heteroatoms. The summed E-state index contributed by atoms with van der Waals surface area (Å²) in [5.41, 5.74) is 2.23. The van der Waals surface area contributed by atoms with Gasteiger partial charge in [0, 0.05) is 19.0 Å². The second-order valence-corrected chi connectivity index (χ2v) is 5.26. The van der Waals surface area contributed by atoms with Gasteiger partial charge in [0.15, 0.2) is 17.4 Å². The van der Waals surface area contributed by atoms with Crippen LogP contribution in [0.2, 0.25) is 0 Å². The minimum atomic E-state index is -2.00. The van der Waals surface area contributed by atoms with Crippen LogP contribution in [-0.4, -0.2) is 22.8 Å². The van der Waals surface area contributed by atoms with Gasteiger partial charge in [-0.05, 0) is 0 Å². The number of anilines is 1. The molecule has 0 unspecified atom stereocenters. The lowest BCUT2D eigenvalue weighted by Crippen LogP contribution is -2.24. The molecule has 1 aliphatic carbocycles. The first-order chi connectivity index (χ1) is 10.7. The van der Waals surface area contributed by atoms with E-state index >= 15 is 0 Å². The number of rotatable bonds is 3. The molecular weight excluding hydrogens is 317 g/mol. The number of carboxylic acid groups (broad SMARTS) is 1. The predicted molar refractivity (Wildman–Crippen MR) is 74.4 cm³/mol. The molecule has 23 heavy (non-hydrogen) atoms. The first kappa shape index (κ1) is 15.2. The molecule has 1 heterocycles. The summed E-state index contributed by atoms with van der Waals surface area (Å²) < 4.78 is 48.1. The molecule has 1 aliphatic rings. The van der Waals surface area contributed by atoms with Gasteiger partial charge in [-0.3, -0.25) is 4.79 Å². The van der Waals surface area contributed by atoms with Gasteiger partial charge in [0.2, 0.25) is 11.2 Å². The maximum absolute atomic E-state index is 14.6. The smallest absolute Gasteiger partial charge is 0.341 e. The first-order valence-corrected chi connectivity index (χ1v) is 6.55. The topological polar surface area (TPSA) is 94.6 Å². The average molecular weight is 328 g/mol. The van der Waals surface area contributed by atoms with Gasteiger partial charge >= 0.3 is 5.97 Å². The normalized spacial score (nSPS) is 15.7. The summed E-state index contributed by atoms with van der Waals surface area (Å²) in [6.07, 6.45) is 0.831. The molecule has 0 bridgehead atoms. The summed E-state index contributed by atoms with van der Waals surface area (Å²) in [5, 5.41) is 8.48. The van der Waals surface area contributed by atoms with E-state index in [2.05, 4.69) is 0 Å². The van der Waals surface area contributed by atoms with Crippen molar-refractivity contribution in [2.24, 2.45) is 0 Å². The number of benzene rings is 1. The molecule has 0 spiro atoms. The number of nitrogen functional groups attached to an aromatic ring is 1. The predicted octanol–water partition coefficient (Wildman–Crippen LogP) is 1.98. The molecule has 3 N–H and O–H groups in total. The quantitative estimate of drug-likeness (QED) is 0.840. The number of carboxylic acids is 1. The zero-order chi connectivity index (χ0) is 17.1. The third kappa shape index (κ3) is 1.96. The molecule has 1 fully saturated rings. The molecule has 0 saturated heterocycles. The van der Waals surface area contributed by atoms with Gasteiger partial charge in [-0.25, -0.2) is 13.6 Å². The maximum atomic E-state index is 14.6. The van der Waals surface area contributed by atoms with Crippen molar-refractivity contribution in [3.63, 3.8) is 0 Å². The highest BCUT2D eigenvalue weighted by Gasteiger charge is 2.47. The lowest BCUT2D eigenvalue weighted by molar-refractivity contribution is 0.0694. The van der Waals surface area contributed by atoms with Crippen LogP contribution in [0.4, 0.5) is 18.9 Å². The molecule has 3 rings (SSSR count). The Morgan fingerprint density at radius 1 is 1.39 bits per heavy atom. The van der Waals surface area contributed by atoms with Crippen LogP contribution in [0.3, 0.4) is 0 Å². The highest BCUT2D eigenvalue weighted by atomic mass is 19.2. The second kappa shape index (κ2) is 4.64. The highest BCUT2D eigenvalue weighted by molar-refractivity contribution is 6.00. The van der Waals surface area contributed by atoms with Crippen LogP contribution in [0.5, 0.6) is 5.75 Å². The monoisotopic (exact) mass is 328 g/mol. The minimum Gasteiger partial charge on any atom is -0.491 e. The standard InChI is InChI=1S/C14H11F3N2O4/c1-23-12-8(16)7(15)9(18)6-10(12)19(14(17)2-3-14)4-5(11(6)20)13(21)22/h4H,2-3,18H2,1H3,(H,21,22). The number of pyridine rings is 1. The van der Waals surface area contributed by atoms with E-state index in [4.69, 9.17) is 15.6 Å². The summed E-state index contributed by atoms with van der Waals surface area (Å²) in [4.78, 5) is 23.5. The average Bonchev–Trinajstić information content (AvgIpc) is 3.23. The number of ether oxygens (including phenoxy) is 1. The molecule has 122 valence electrons. The van der Waals surface area contributed by atoms with Crippen molar-refractivity contribution in [3.05, 3.63) is 33.6 Å². The molecule has 1 aromatic carbocycles. The minimum absolute atomic E-state index is 0.0338. The number of aromatic carboxylic acids is 1. The van der Waals surface area contributed by atoms with Crippen molar-refractivity contribution >= 4 is 22.6 Å². The SMILES string of the molecule is COc1c(F)c(F)c(N)c2c(=O)c(C(=O)O)cn(C3(F)CC3)c12. The van der Waals surface area contributed by atoms with Crippen LogP contribution in [0.1, 0.15) is 23.2 Å². The number of nitrogens with zero attached hydrogens (tertiary/aromatic N) is 1. The molecule has 0 amide bonds. The first-order valence-electron chi connectivity index (χ1n) is 6.55. The Bertz CT molecular complexity index is 919. The van der Waals surface area contributed by atoms with E-state index in [1.54, 1.807) is 0 Å². The number of alkyl halides is 1. The van der Waals surface area contributed by atoms with Crippen molar-refractivity contribution < 1.29 is 27.8 Å². The summed E-state index contributed by atoms with van der Waals surface area (Å²) in [6, 6.07) is 0. The molecule has 0 radical (unpaired) electrons. The zero-order valence-corrected chi connectivity index (χ0v) is 11.8. The van der Waals surface area contributed by atoms with E-state index in [0.29, 0.717) is 0 Å². The van der Waals surface area contributed by atoms with E-state index in [0.717, 1.165) is 17.9 Å². The molecule has 1 saturated carbocycles. The fraction of sp³-hybridized carbons (Fsp3) is 0.286. The van der Waals surface area contributed by atoms with Crippen LogP contribution in [0.15, 0.2) is 11.0 Å². The van der Waals surface area contributed by atoms with Crippen LogP contribution < -0.4 is 15.9 Å². The fourth-order valence-corrected chi connectivity index (χ4v) is 2.52. The van der Waals surface area contributed by atoms with Gasteiger partial charge in [0.05, 0.1) is 18.2 Å². The van der Waals surface area contributed by atoms with Crippen molar-refractivity contribution in [2.45, 2.75) is 18.6 Å². The zero-order valence-electron chi connectivity index (χ0n) is 11.8. The van der Waals surface area contributed by atoms with Crippen LogP contribution in [0.25, 0.3) is 10.9 Å². The van der Waals surface area contributed by atoms with E-state index in [1.165, 1.54) is 0 Å². The molecule has 6 nitrogen and oxygen atoms in total. The summed E-state index contributed by atoms with van der Waals surface area (Å²) in [5.74, 6) is -7.36. The Labute approximate surface area is 126 Å². The Hall–Kier alpha value is -2.71. The van der Waals surface area contributed by atoms with Crippen molar-refractivity contribution in [3.8, 4) is 5.75 Å². The Kier molecular flexibility index (Phi) is 3.07. The summed E-state index contributed by atoms with van der Waals surface area (Å²) >= 11 is 0. The van der Waals surface area contributed by atoms with Gasteiger partial charge in [0.1, 0.15) is 11.1 Å². The number of halogens is 3. The van der Waals surface area contributed by atoms with Crippen molar-refractivity contribution in [2.75, 3.05) is 12.8 Å². The fourth-order valence-electron chi connectivity index (χ4n) is 2.52. The van der Waals surface area contributed by atoms with Crippen LogP contribution in [-0.2, 0) is 5.79 Å². The van der Waals surface area contributed by atoms with E-state index in [1.807, 2.05) is 0 Å². The second-order valence-electron chi connectivity index (χ2n) is 5.26. The number of hydrogen-bond donors (Lipinski definition) is 2. The number of hydrogen-bond acceptors (Lipinski definition) is 4. The molecule has 0 atom stereocenters. The third-order valence-electron chi connectivity index (χ3n) is 3.85. The molecule has 1 aromatic heterocycles. The number of carbonyl (C=O) groups is 1. The van der Waals surface area contributed by atoms with Crippen molar-refractivity contribution in [1.82, 2.24) is 4.57 Å². The van der Waals surface area contributed by atoms with Gasteiger partial charge in [-0.1, -0.05) is 0 Å². The summed E-state index contributed by atoms with van der Waals surface area (Å²) in [7, 11) is 1.02. The molecule has 0 aliphatic heterocycles. The van der Waals surface area contributed by atoms with Gasteiger partial charge < -0.3 is 20.1 Å². The Balaban J connectivity index is 2.63. The maximum Gasteiger partial charge on any atom is 0.341 e. The lowest BCUT2D eigenvalue weighted by atomic mass is 10.1. The largest absolute Gasteiger partial charge is 0.491 e. The summed E-state index contributed by atoms with van der Waals surface area (Å²) in [6.45, 7) is 0. The van der Waals surface area contributed by atoms with Crippen LogP contribution in [0, 0.1) is 11.6 Å². The van der Waals surface area contributed by atoms with Gasteiger partial charge in [-0.2, -0.15) is 4.39 Å². The molecule has 2 aromatic rings.